The summed E-state index contributed by atoms with van der Waals surface area (Å²) in [5, 5.41) is 0. The van der Waals surface area contributed by atoms with Crippen LogP contribution in [0.3, 0.4) is 0 Å². The van der Waals surface area contributed by atoms with E-state index >= 15 is 0 Å². The molecule has 0 aromatic heterocycles. The molecule has 0 saturated carbocycles. The van der Waals surface area contributed by atoms with Crippen LogP contribution in [0.5, 0.6) is 5.75 Å². The molecule has 1 aromatic rings. The fourth-order valence-electron chi connectivity index (χ4n) is 1.16. The molecule has 3 heteroatoms. The lowest BCUT2D eigenvalue weighted by molar-refractivity contribution is 0.321. The first-order valence-corrected chi connectivity index (χ1v) is 4.65. The molecule has 0 unspecified atom stereocenters. The van der Waals surface area contributed by atoms with Crippen LogP contribution in [0.25, 0.3) is 0 Å². The number of halogens is 1. The Hall–Kier alpha value is -0.730. The Morgan fingerprint density at radius 1 is 1.38 bits per heavy atom. The fraction of sp³-hybridized carbons (Fsp3) is 0.400. The van der Waals surface area contributed by atoms with Gasteiger partial charge in [0.05, 0.1) is 0 Å². The zero-order valence-electron chi connectivity index (χ0n) is 7.93. The summed E-state index contributed by atoms with van der Waals surface area (Å²) in [6.07, 6.45) is 0. The summed E-state index contributed by atoms with van der Waals surface area (Å²) < 4.78 is 5.49. The second kappa shape index (κ2) is 5.10. The fourth-order valence-corrected chi connectivity index (χ4v) is 1.24. The molecule has 0 heterocycles. The quantitative estimate of drug-likeness (QED) is 0.594. The van der Waals surface area contributed by atoms with Crippen LogP contribution in [0.1, 0.15) is 11.1 Å². The van der Waals surface area contributed by atoms with Crippen molar-refractivity contribution in [3.8, 4) is 5.75 Å². The Morgan fingerprint density at radius 2 is 2.15 bits per heavy atom. The van der Waals surface area contributed by atoms with Crippen molar-refractivity contribution in [3.63, 3.8) is 0 Å². The molecule has 2 nitrogen and oxygen atoms in total. The highest BCUT2D eigenvalue weighted by Crippen LogP contribution is 2.18. The molecule has 0 aliphatic carbocycles. The summed E-state index contributed by atoms with van der Waals surface area (Å²) >= 11 is 5.30. The minimum Gasteiger partial charge on any atom is -0.492 e. The van der Waals surface area contributed by atoms with Gasteiger partial charge in [-0.05, 0) is 37.3 Å². The van der Waals surface area contributed by atoms with Crippen LogP contribution in [0.4, 0.5) is 0 Å². The first-order chi connectivity index (χ1) is 6.24. The first-order valence-electron chi connectivity index (χ1n) is 4.27. The lowest BCUT2D eigenvalue weighted by Crippen LogP contribution is -2.12. The number of rotatable bonds is 4. The van der Waals surface area contributed by atoms with Crippen molar-refractivity contribution in [2.24, 2.45) is 0 Å². The van der Waals surface area contributed by atoms with Gasteiger partial charge >= 0.3 is 0 Å². The standard InChI is InChI=1S/C10H14ClNO/c1-8-3-4-10(9(2)7-8)13-6-5-12-11/h3-4,7,12H,5-6H2,1-2H3. The smallest absolute Gasteiger partial charge is 0.122 e. The van der Waals surface area contributed by atoms with Gasteiger partial charge in [-0.1, -0.05) is 17.7 Å². The third kappa shape index (κ3) is 3.25. The molecule has 0 radical (unpaired) electrons. The highest BCUT2D eigenvalue weighted by Gasteiger charge is 1.98. The average molecular weight is 200 g/mol. The molecule has 0 amide bonds. The predicted octanol–water partition coefficient (Wildman–Crippen LogP) is 2.43. The zero-order valence-corrected chi connectivity index (χ0v) is 8.69. The van der Waals surface area contributed by atoms with Crippen molar-refractivity contribution in [1.82, 2.24) is 4.84 Å². The lowest BCUT2D eigenvalue weighted by Gasteiger charge is -2.08. The third-order valence-corrected chi connectivity index (χ3v) is 1.97. The van der Waals surface area contributed by atoms with Crippen LogP contribution in [0, 0.1) is 13.8 Å². The van der Waals surface area contributed by atoms with Crippen LogP contribution in [-0.4, -0.2) is 13.2 Å². The van der Waals surface area contributed by atoms with E-state index in [-0.39, 0.29) is 0 Å². The third-order valence-electron chi connectivity index (χ3n) is 1.78. The molecular formula is C10H14ClNO. The van der Waals surface area contributed by atoms with E-state index < -0.39 is 0 Å². The minimum atomic E-state index is 0.591. The first kappa shape index (κ1) is 10.4. The Labute approximate surface area is 84.0 Å². The van der Waals surface area contributed by atoms with Gasteiger partial charge in [-0.15, -0.1) is 0 Å². The second-order valence-electron chi connectivity index (χ2n) is 3.00. The van der Waals surface area contributed by atoms with Crippen molar-refractivity contribution < 1.29 is 4.74 Å². The monoisotopic (exact) mass is 199 g/mol. The van der Waals surface area contributed by atoms with E-state index in [9.17, 15) is 0 Å². The Balaban J connectivity index is 2.56. The van der Waals surface area contributed by atoms with Gasteiger partial charge in [0.1, 0.15) is 12.4 Å². The van der Waals surface area contributed by atoms with E-state index in [4.69, 9.17) is 16.5 Å². The molecule has 72 valence electrons. The number of aryl methyl sites for hydroxylation is 2. The van der Waals surface area contributed by atoms with Gasteiger partial charge in [-0.3, -0.25) is 0 Å². The maximum absolute atomic E-state index is 5.49. The van der Waals surface area contributed by atoms with Crippen molar-refractivity contribution in [1.29, 1.82) is 0 Å². The summed E-state index contributed by atoms with van der Waals surface area (Å²) in [5.41, 5.74) is 2.41. The Morgan fingerprint density at radius 3 is 2.77 bits per heavy atom. The van der Waals surface area contributed by atoms with Gasteiger partial charge in [0.2, 0.25) is 0 Å². The molecule has 0 fully saturated rings. The lowest BCUT2D eigenvalue weighted by atomic mass is 10.1. The van der Waals surface area contributed by atoms with Crippen molar-refractivity contribution in [3.05, 3.63) is 29.3 Å². The SMILES string of the molecule is Cc1ccc(OCCNCl)c(C)c1. The normalized spacial score (nSPS) is 10.1. The van der Waals surface area contributed by atoms with E-state index in [0.717, 1.165) is 11.3 Å². The summed E-state index contributed by atoms with van der Waals surface area (Å²) in [6.45, 7) is 5.34. The molecular weight excluding hydrogens is 186 g/mol. The molecule has 1 aromatic carbocycles. The molecule has 0 aliphatic heterocycles. The van der Waals surface area contributed by atoms with E-state index in [1.54, 1.807) is 0 Å². The molecule has 13 heavy (non-hydrogen) atoms. The topological polar surface area (TPSA) is 21.3 Å². The zero-order chi connectivity index (χ0) is 9.68. The van der Waals surface area contributed by atoms with E-state index in [2.05, 4.69) is 17.8 Å². The van der Waals surface area contributed by atoms with Crippen LogP contribution < -0.4 is 9.57 Å². The van der Waals surface area contributed by atoms with E-state index in [0.29, 0.717) is 13.2 Å². The van der Waals surface area contributed by atoms with Gasteiger partial charge < -0.3 is 4.74 Å². The Bertz CT molecular complexity index is 276. The number of benzene rings is 1. The van der Waals surface area contributed by atoms with Crippen LogP contribution in [0.15, 0.2) is 18.2 Å². The van der Waals surface area contributed by atoms with Crippen LogP contribution in [0.2, 0.25) is 0 Å². The van der Waals surface area contributed by atoms with E-state index in [1.165, 1.54) is 5.56 Å². The largest absolute Gasteiger partial charge is 0.492 e. The molecule has 0 spiro atoms. The average Bonchev–Trinajstić information content (AvgIpc) is 2.09. The predicted molar refractivity (Wildman–Crippen MR) is 55.3 cm³/mol. The summed E-state index contributed by atoms with van der Waals surface area (Å²) in [4.78, 5) is 2.52. The van der Waals surface area contributed by atoms with Crippen molar-refractivity contribution in [2.45, 2.75) is 13.8 Å². The van der Waals surface area contributed by atoms with E-state index in [1.807, 2.05) is 19.1 Å². The van der Waals surface area contributed by atoms with Gasteiger partial charge in [0.25, 0.3) is 0 Å². The number of hydrogen-bond acceptors (Lipinski definition) is 2. The van der Waals surface area contributed by atoms with Crippen LogP contribution in [-0.2, 0) is 0 Å². The maximum Gasteiger partial charge on any atom is 0.122 e. The van der Waals surface area contributed by atoms with Gasteiger partial charge in [-0.2, -0.15) is 0 Å². The summed E-state index contributed by atoms with van der Waals surface area (Å²) in [6, 6.07) is 6.12. The number of ether oxygens (including phenoxy) is 1. The molecule has 0 bridgehead atoms. The van der Waals surface area contributed by atoms with Gasteiger partial charge in [0.15, 0.2) is 0 Å². The highest BCUT2D eigenvalue weighted by atomic mass is 35.5. The minimum absolute atomic E-state index is 0.591. The second-order valence-corrected chi connectivity index (χ2v) is 3.27. The molecule has 0 saturated heterocycles. The Kier molecular flexibility index (Phi) is 4.06. The molecule has 0 aliphatic rings. The van der Waals surface area contributed by atoms with Gasteiger partial charge in [0, 0.05) is 6.54 Å². The van der Waals surface area contributed by atoms with Crippen molar-refractivity contribution >= 4 is 11.8 Å². The summed E-state index contributed by atoms with van der Waals surface area (Å²) in [7, 11) is 0. The molecule has 1 N–H and O–H groups in total. The maximum atomic E-state index is 5.49. The van der Waals surface area contributed by atoms with Gasteiger partial charge in [-0.25, -0.2) is 4.84 Å². The highest BCUT2D eigenvalue weighted by molar-refractivity contribution is 6.13. The summed E-state index contributed by atoms with van der Waals surface area (Å²) in [5.74, 6) is 0.928. The molecule has 1 rings (SSSR count). The number of hydrogen-bond donors (Lipinski definition) is 1. The molecule has 0 atom stereocenters. The number of nitrogens with one attached hydrogen (secondary N) is 1. The van der Waals surface area contributed by atoms with Crippen LogP contribution >= 0.6 is 11.8 Å². The van der Waals surface area contributed by atoms with Crippen molar-refractivity contribution in [2.75, 3.05) is 13.2 Å².